The molecule has 1 unspecified atom stereocenters. The summed E-state index contributed by atoms with van der Waals surface area (Å²) in [5.41, 5.74) is 2.16. The SMILES string of the molecule is COCCC1(CO)CCCN(C(=O)c2cc(C)nc(C)c2)C1. The van der Waals surface area contributed by atoms with E-state index in [4.69, 9.17) is 4.74 Å². The van der Waals surface area contributed by atoms with E-state index < -0.39 is 0 Å². The van der Waals surface area contributed by atoms with Crippen LogP contribution in [0.5, 0.6) is 0 Å². The molecule has 1 N–H and O–H groups in total. The number of amides is 1. The molecule has 0 spiro atoms. The highest BCUT2D eigenvalue weighted by Gasteiger charge is 2.36. The average Bonchev–Trinajstić information content (AvgIpc) is 2.51. The number of aromatic nitrogens is 1. The van der Waals surface area contributed by atoms with Gasteiger partial charge in [0, 0.05) is 49.2 Å². The molecule has 1 fully saturated rings. The van der Waals surface area contributed by atoms with E-state index in [-0.39, 0.29) is 17.9 Å². The van der Waals surface area contributed by atoms with Gasteiger partial charge in [0.15, 0.2) is 0 Å². The van der Waals surface area contributed by atoms with Crippen LogP contribution in [0, 0.1) is 19.3 Å². The smallest absolute Gasteiger partial charge is 0.254 e. The highest BCUT2D eigenvalue weighted by atomic mass is 16.5. The molecule has 1 aliphatic heterocycles. The van der Waals surface area contributed by atoms with Gasteiger partial charge in [0.2, 0.25) is 0 Å². The van der Waals surface area contributed by atoms with Gasteiger partial charge >= 0.3 is 0 Å². The number of piperidine rings is 1. The Morgan fingerprint density at radius 3 is 2.68 bits per heavy atom. The summed E-state index contributed by atoms with van der Waals surface area (Å²) in [4.78, 5) is 19.0. The minimum Gasteiger partial charge on any atom is -0.396 e. The van der Waals surface area contributed by atoms with E-state index >= 15 is 0 Å². The van der Waals surface area contributed by atoms with E-state index in [0.717, 1.165) is 37.2 Å². The number of rotatable bonds is 5. The van der Waals surface area contributed by atoms with Crippen LogP contribution < -0.4 is 0 Å². The van der Waals surface area contributed by atoms with Crippen molar-refractivity contribution in [1.82, 2.24) is 9.88 Å². The third-order valence-electron chi connectivity index (χ3n) is 4.45. The number of ether oxygens (including phenoxy) is 1. The largest absolute Gasteiger partial charge is 0.396 e. The summed E-state index contributed by atoms with van der Waals surface area (Å²) in [6.45, 7) is 5.83. The standard InChI is InChI=1S/C17H26N2O3/c1-13-9-15(10-14(2)18-13)16(21)19-7-4-5-17(11-19,12-20)6-8-22-3/h9-10,20H,4-8,11-12H2,1-3H3. The summed E-state index contributed by atoms with van der Waals surface area (Å²) in [7, 11) is 1.67. The monoisotopic (exact) mass is 306 g/mol. The Kier molecular flexibility index (Phi) is 5.53. The lowest BCUT2D eigenvalue weighted by Gasteiger charge is -2.42. The van der Waals surface area contributed by atoms with Gasteiger partial charge in [-0.2, -0.15) is 0 Å². The Morgan fingerprint density at radius 1 is 1.41 bits per heavy atom. The van der Waals surface area contributed by atoms with Crippen molar-refractivity contribution >= 4 is 5.91 Å². The highest BCUT2D eigenvalue weighted by molar-refractivity contribution is 5.94. The lowest BCUT2D eigenvalue weighted by Crippen LogP contribution is -2.48. The second-order valence-electron chi connectivity index (χ2n) is 6.37. The molecular weight excluding hydrogens is 280 g/mol. The van der Waals surface area contributed by atoms with Gasteiger partial charge in [-0.25, -0.2) is 0 Å². The number of nitrogens with zero attached hydrogens (tertiary/aromatic N) is 2. The summed E-state index contributed by atoms with van der Waals surface area (Å²) in [6.07, 6.45) is 2.63. The number of aliphatic hydroxyl groups excluding tert-OH is 1. The second kappa shape index (κ2) is 7.20. The zero-order chi connectivity index (χ0) is 16.2. The van der Waals surface area contributed by atoms with Gasteiger partial charge in [0.25, 0.3) is 5.91 Å². The number of carbonyl (C=O) groups excluding carboxylic acids is 1. The molecule has 0 bridgehead atoms. The molecule has 122 valence electrons. The third kappa shape index (κ3) is 3.84. The van der Waals surface area contributed by atoms with Crippen molar-refractivity contribution in [3.8, 4) is 0 Å². The van der Waals surface area contributed by atoms with Crippen LogP contribution in [0.1, 0.15) is 41.0 Å². The maximum atomic E-state index is 12.8. The van der Waals surface area contributed by atoms with Crippen molar-refractivity contribution in [2.45, 2.75) is 33.1 Å². The molecule has 0 radical (unpaired) electrons. The Bertz CT molecular complexity index is 512. The Balaban J connectivity index is 2.15. The molecule has 5 nitrogen and oxygen atoms in total. The topological polar surface area (TPSA) is 62.7 Å². The zero-order valence-corrected chi connectivity index (χ0v) is 13.8. The molecule has 1 aromatic rings. The molecule has 0 aliphatic carbocycles. The van der Waals surface area contributed by atoms with Gasteiger partial charge in [-0.15, -0.1) is 0 Å². The molecule has 5 heteroatoms. The van der Waals surface area contributed by atoms with Gasteiger partial charge in [-0.3, -0.25) is 9.78 Å². The Labute approximate surface area is 132 Å². The molecule has 22 heavy (non-hydrogen) atoms. The number of hydrogen-bond acceptors (Lipinski definition) is 4. The predicted octanol–water partition coefficient (Wildman–Crippen LogP) is 1.95. The number of aliphatic hydroxyl groups is 1. The fourth-order valence-corrected chi connectivity index (χ4v) is 3.25. The molecule has 0 saturated carbocycles. The Hall–Kier alpha value is -1.46. The molecule has 1 saturated heterocycles. The predicted molar refractivity (Wildman–Crippen MR) is 84.9 cm³/mol. The van der Waals surface area contributed by atoms with Crippen molar-refractivity contribution in [2.24, 2.45) is 5.41 Å². The highest BCUT2D eigenvalue weighted by Crippen LogP contribution is 2.33. The van der Waals surface area contributed by atoms with Gasteiger partial charge in [0.1, 0.15) is 0 Å². The van der Waals surface area contributed by atoms with E-state index in [1.165, 1.54) is 0 Å². The molecule has 1 aliphatic rings. The number of likely N-dealkylation sites (tertiary alicyclic amines) is 1. The first-order valence-electron chi connectivity index (χ1n) is 7.84. The van der Waals surface area contributed by atoms with E-state index in [2.05, 4.69) is 4.98 Å². The maximum absolute atomic E-state index is 12.8. The zero-order valence-electron chi connectivity index (χ0n) is 13.8. The van der Waals surface area contributed by atoms with Crippen LogP contribution in [-0.2, 0) is 4.74 Å². The van der Waals surface area contributed by atoms with Gasteiger partial charge in [-0.05, 0) is 45.2 Å². The number of hydrogen-bond donors (Lipinski definition) is 1. The van der Waals surface area contributed by atoms with Crippen LogP contribution in [0.15, 0.2) is 12.1 Å². The van der Waals surface area contributed by atoms with Crippen LogP contribution in [0.3, 0.4) is 0 Å². The van der Waals surface area contributed by atoms with Crippen LogP contribution in [0.25, 0.3) is 0 Å². The molecule has 0 aromatic carbocycles. The molecule has 2 rings (SSSR count). The minimum atomic E-state index is -0.235. The summed E-state index contributed by atoms with van der Waals surface area (Å²) in [5, 5.41) is 9.82. The van der Waals surface area contributed by atoms with Crippen LogP contribution >= 0.6 is 0 Å². The molecule has 2 heterocycles. The summed E-state index contributed by atoms with van der Waals surface area (Å²) < 4.78 is 5.16. The van der Waals surface area contributed by atoms with E-state index in [0.29, 0.717) is 18.7 Å². The lowest BCUT2D eigenvalue weighted by atomic mass is 9.78. The second-order valence-corrected chi connectivity index (χ2v) is 6.37. The van der Waals surface area contributed by atoms with E-state index in [1.54, 1.807) is 7.11 Å². The van der Waals surface area contributed by atoms with Crippen molar-refractivity contribution in [1.29, 1.82) is 0 Å². The summed E-state index contributed by atoms with van der Waals surface area (Å²) >= 11 is 0. The normalized spacial score (nSPS) is 21.9. The fourth-order valence-electron chi connectivity index (χ4n) is 3.25. The molecule has 1 aromatic heterocycles. The average molecular weight is 306 g/mol. The number of aryl methyl sites for hydroxylation is 2. The molecular formula is C17H26N2O3. The maximum Gasteiger partial charge on any atom is 0.254 e. The van der Waals surface area contributed by atoms with Crippen molar-refractivity contribution < 1.29 is 14.6 Å². The fraction of sp³-hybridized carbons (Fsp3) is 0.647. The van der Waals surface area contributed by atoms with Crippen LogP contribution in [0.2, 0.25) is 0 Å². The summed E-state index contributed by atoms with van der Waals surface area (Å²) in [6, 6.07) is 3.67. The number of carbonyl (C=O) groups is 1. The van der Waals surface area contributed by atoms with Gasteiger partial charge in [0.05, 0.1) is 6.61 Å². The first-order chi connectivity index (χ1) is 10.5. The first-order valence-corrected chi connectivity index (χ1v) is 7.84. The third-order valence-corrected chi connectivity index (χ3v) is 4.45. The summed E-state index contributed by atoms with van der Waals surface area (Å²) in [5.74, 6) is 0.0311. The first kappa shape index (κ1) is 16.9. The quantitative estimate of drug-likeness (QED) is 0.903. The van der Waals surface area contributed by atoms with E-state index in [1.807, 2.05) is 30.9 Å². The molecule has 1 amide bonds. The Morgan fingerprint density at radius 2 is 2.09 bits per heavy atom. The van der Waals surface area contributed by atoms with Crippen LogP contribution in [-0.4, -0.2) is 54.3 Å². The van der Waals surface area contributed by atoms with Crippen molar-refractivity contribution in [3.63, 3.8) is 0 Å². The van der Waals surface area contributed by atoms with Crippen molar-refractivity contribution in [2.75, 3.05) is 33.4 Å². The number of pyridine rings is 1. The minimum absolute atomic E-state index is 0.0311. The van der Waals surface area contributed by atoms with Crippen LogP contribution in [0.4, 0.5) is 0 Å². The van der Waals surface area contributed by atoms with Gasteiger partial charge in [-0.1, -0.05) is 0 Å². The van der Waals surface area contributed by atoms with Gasteiger partial charge < -0.3 is 14.7 Å². The number of methoxy groups -OCH3 is 1. The van der Waals surface area contributed by atoms with Crippen molar-refractivity contribution in [3.05, 3.63) is 29.1 Å². The lowest BCUT2D eigenvalue weighted by molar-refractivity contribution is 0.00897. The molecule has 1 atom stereocenters. The van der Waals surface area contributed by atoms with E-state index in [9.17, 15) is 9.90 Å².